The number of ether oxygens (including phenoxy) is 2. The summed E-state index contributed by atoms with van der Waals surface area (Å²) in [6, 6.07) is 0. The fourth-order valence-corrected chi connectivity index (χ4v) is 5.79. The number of phosphoric acid groups is 1. The van der Waals surface area contributed by atoms with Crippen molar-refractivity contribution in [1.29, 1.82) is 0 Å². The van der Waals surface area contributed by atoms with Gasteiger partial charge in [0.2, 0.25) is 0 Å². The highest BCUT2D eigenvalue weighted by Crippen LogP contribution is 2.43. The average Bonchev–Trinajstić information content (AvgIpc) is 3.10. The largest absolute Gasteiger partial charge is 0.472 e. The lowest BCUT2D eigenvalue weighted by Gasteiger charge is -2.20. The Bertz CT molecular complexity index is 936. The SMILES string of the molecule is CCCCC/C=C\C/C=C\C/C=C\CCCCCCC(=O)OC[C@H](COP(=O)(O)OC[C@@H](O)CO)OC(=O)CCCCCCCCCCCC. The fourth-order valence-electron chi connectivity index (χ4n) is 5.00. The molecule has 10 nitrogen and oxygen atoms in total. The number of hydrogen-bond acceptors (Lipinski definition) is 9. The molecule has 11 heteroatoms. The van der Waals surface area contributed by atoms with Gasteiger partial charge >= 0.3 is 19.8 Å². The van der Waals surface area contributed by atoms with Crippen LogP contribution in [0.1, 0.15) is 162 Å². The molecule has 0 radical (unpaired) electrons. The highest BCUT2D eigenvalue weighted by Gasteiger charge is 2.27. The first-order valence-electron chi connectivity index (χ1n) is 19.4. The van der Waals surface area contributed by atoms with Crippen molar-refractivity contribution < 1.29 is 47.8 Å². The zero-order valence-corrected chi connectivity index (χ0v) is 32.3. The van der Waals surface area contributed by atoms with Crippen LogP contribution in [0.2, 0.25) is 0 Å². The molecule has 0 spiro atoms. The van der Waals surface area contributed by atoms with Crippen molar-refractivity contribution in [2.45, 2.75) is 174 Å². The highest BCUT2D eigenvalue weighted by atomic mass is 31.2. The molecular formula is C39H71O10P. The Morgan fingerprint density at radius 1 is 0.600 bits per heavy atom. The summed E-state index contributed by atoms with van der Waals surface area (Å²) >= 11 is 0. The number of aliphatic hydroxyl groups excluding tert-OH is 2. The maximum absolute atomic E-state index is 12.5. The number of hydrogen-bond donors (Lipinski definition) is 3. The normalized spacial score (nSPS) is 14.4. The number of rotatable bonds is 36. The number of carbonyl (C=O) groups excluding carboxylic acids is 2. The van der Waals surface area contributed by atoms with Crippen LogP contribution >= 0.6 is 7.82 Å². The van der Waals surface area contributed by atoms with E-state index in [1.165, 1.54) is 64.2 Å². The molecule has 50 heavy (non-hydrogen) atoms. The van der Waals surface area contributed by atoms with Gasteiger partial charge in [0.25, 0.3) is 0 Å². The summed E-state index contributed by atoms with van der Waals surface area (Å²) in [4.78, 5) is 34.8. The minimum absolute atomic E-state index is 0.180. The summed E-state index contributed by atoms with van der Waals surface area (Å²) in [6.45, 7) is 2.29. The zero-order valence-electron chi connectivity index (χ0n) is 31.4. The van der Waals surface area contributed by atoms with E-state index in [1.54, 1.807) is 0 Å². The second kappa shape index (κ2) is 35.6. The van der Waals surface area contributed by atoms with E-state index in [-0.39, 0.29) is 19.4 Å². The van der Waals surface area contributed by atoms with Crippen LogP contribution in [0, 0.1) is 0 Å². The van der Waals surface area contributed by atoms with Gasteiger partial charge in [-0.25, -0.2) is 4.57 Å². The Morgan fingerprint density at radius 2 is 1.04 bits per heavy atom. The van der Waals surface area contributed by atoms with Crippen molar-refractivity contribution >= 4 is 19.8 Å². The number of esters is 2. The van der Waals surface area contributed by atoms with E-state index in [9.17, 15) is 24.2 Å². The van der Waals surface area contributed by atoms with Gasteiger partial charge in [0.05, 0.1) is 19.8 Å². The smallest absolute Gasteiger partial charge is 0.462 e. The standard InChI is InChI=1S/C39H71O10P/c1-3-5-7-9-11-13-15-16-17-18-19-20-21-23-24-26-28-30-38(42)46-34-37(35-48-50(44,45)47-33-36(41)32-40)49-39(43)31-29-27-25-22-14-12-10-8-6-4-2/h11,13,16-17,19-20,36-37,40-41H,3-10,12,14-15,18,21-35H2,1-2H3,(H,44,45)/b13-11-,17-16-,20-19-/t36-,37+/m0/s1. The lowest BCUT2D eigenvalue weighted by molar-refractivity contribution is -0.161. The summed E-state index contributed by atoms with van der Waals surface area (Å²) in [5.74, 6) is -0.952. The molecule has 0 aliphatic carbocycles. The Hall–Kier alpha value is -1.81. The predicted molar refractivity (Wildman–Crippen MR) is 201 cm³/mol. The monoisotopic (exact) mass is 730 g/mol. The average molecular weight is 731 g/mol. The van der Waals surface area contributed by atoms with Crippen LogP contribution in [-0.4, -0.2) is 65.7 Å². The van der Waals surface area contributed by atoms with Gasteiger partial charge in [-0.05, 0) is 51.4 Å². The van der Waals surface area contributed by atoms with Crippen LogP contribution in [0.15, 0.2) is 36.5 Å². The third kappa shape index (κ3) is 34.6. The molecule has 0 heterocycles. The van der Waals surface area contributed by atoms with E-state index in [1.807, 2.05) is 0 Å². The van der Waals surface area contributed by atoms with Crippen molar-refractivity contribution in [2.75, 3.05) is 26.4 Å². The van der Waals surface area contributed by atoms with Crippen LogP contribution in [0.3, 0.4) is 0 Å². The van der Waals surface area contributed by atoms with Crippen LogP contribution in [-0.2, 0) is 32.7 Å². The number of unbranched alkanes of at least 4 members (excludes halogenated alkanes) is 16. The summed E-state index contributed by atoms with van der Waals surface area (Å²) < 4.78 is 32.5. The summed E-state index contributed by atoms with van der Waals surface area (Å²) in [5.41, 5.74) is 0. The second-order valence-corrected chi connectivity index (χ2v) is 14.4. The van der Waals surface area contributed by atoms with Gasteiger partial charge in [-0.3, -0.25) is 18.6 Å². The Labute approximate surface area is 303 Å². The Morgan fingerprint density at radius 3 is 1.60 bits per heavy atom. The summed E-state index contributed by atoms with van der Waals surface area (Å²) in [7, 11) is -4.61. The molecule has 0 aromatic rings. The first-order valence-corrected chi connectivity index (χ1v) is 20.9. The molecule has 1 unspecified atom stereocenters. The molecule has 0 aromatic heterocycles. The van der Waals surface area contributed by atoms with Crippen molar-refractivity contribution in [1.82, 2.24) is 0 Å². The Kier molecular flexibility index (Phi) is 34.3. The highest BCUT2D eigenvalue weighted by molar-refractivity contribution is 7.47. The fraction of sp³-hybridized carbons (Fsp3) is 0.795. The topological polar surface area (TPSA) is 149 Å². The van der Waals surface area contributed by atoms with Crippen LogP contribution in [0.25, 0.3) is 0 Å². The lowest BCUT2D eigenvalue weighted by atomic mass is 10.1. The molecule has 3 atom stereocenters. The Balaban J connectivity index is 4.37. The third-order valence-electron chi connectivity index (χ3n) is 8.05. The lowest BCUT2D eigenvalue weighted by Crippen LogP contribution is -2.29. The third-order valence-corrected chi connectivity index (χ3v) is 9.00. The molecule has 0 rings (SSSR count). The molecule has 0 aliphatic heterocycles. The zero-order chi connectivity index (χ0) is 37.0. The molecule has 0 aliphatic rings. The van der Waals surface area contributed by atoms with Crippen molar-refractivity contribution in [3.8, 4) is 0 Å². The quantitative estimate of drug-likeness (QED) is 0.0246. The molecule has 0 saturated carbocycles. The number of phosphoric ester groups is 1. The van der Waals surface area contributed by atoms with E-state index in [2.05, 4.69) is 54.8 Å². The van der Waals surface area contributed by atoms with Crippen LogP contribution < -0.4 is 0 Å². The van der Waals surface area contributed by atoms with E-state index >= 15 is 0 Å². The minimum atomic E-state index is -4.61. The number of carbonyl (C=O) groups is 2. The van der Waals surface area contributed by atoms with E-state index in [0.29, 0.717) is 12.8 Å². The molecule has 0 saturated heterocycles. The van der Waals surface area contributed by atoms with Gasteiger partial charge < -0.3 is 24.6 Å². The van der Waals surface area contributed by atoms with E-state index in [0.717, 1.165) is 57.8 Å². The molecule has 0 amide bonds. The van der Waals surface area contributed by atoms with Gasteiger partial charge in [-0.2, -0.15) is 0 Å². The molecule has 292 valence electrons. The molecule has 0 bridgehead atoms. The van der Waals surface area contributed by atoms with E-state index < -0.39 is 51.8 Å². The maximum atomic E-state index is 12.5. The van der Waals surface area contributed by atoms with Crippen LogP contribution in [0.5, 0.6) is 0 Å². The maximum Gasteiger partial charge on any atom is 0.472 e. The molecular weight excluding hydrogens is 659 g/mol. The van der Waals surface area contributed by atoms with Crippen molar-refractivity contribution in [3.63, 3.8) is 0 Å². The first-order chi connectivity index (χ1) is 24.2. The number of aliphatic hydroxyl groups is 2. The predicted octanol–water partition coefficient (Wildman–Crippen LogP) is 9.61. The van der Waals surface area contributed by atoms with Crippen LogP contribution in [0.4, 0.5) is 0 Å². The molecule has 3 N–H and O–H groups in total. The molecule has 0 fully saturated rings. The first kappa shape index (κ1) is 48.2. The van der Waals surface area contributed by atoms with Crippen molar-refractivity contribution in [2.24, 2.45) is 0 Å². The van der Waals surface area contributed by atoms with Gasteiger partial charge in [-0.1, -0.05) is 134 Å². The van der Waals surface area contributed by atoms with Gasteiger partial charge in [-0.15, -0.1) is 0 Å². The van der Waals surface area contributed by atoms with Gasteiger partial charge in [0, 0.05) is 12.8 Å². The molecule has 0 aromatic carbocycles. The summed E-state index contributed by atoms with van der Waals surface area (Å²) in [5, 5.41) is 18.3. The summed E-state index contributed by atoms with van der Waals surface area (Å²) in [6.07, 6.45) is 34.0. The van der Waals surface area contributed by atoms with Gasteiger partial charge in [0.15, 0.2) is 6.10 Å². The minimum Gasteiger partial charge on any atom is -0.462 e. The van der Waals surface area contributed by atoms with Crippen molar-refractivity contribution in [3.05, 3.63) is 36.5 Å². The van der Waals surface area contributed by atoms with Gasteiger partial charge in [0.1, 0.15) is 12.7 Å². The number of allylic oxidation sites excluding steroid dienone is 6. The second-order valence-electron chi connectivity index (χ2n) is 13.0. The van der Waals surface area contributed by atoms with E-state index in [4.69, 9.17) is 19.1 Å².